The molecule has 13 heteroatoms. The van der Waals surface area contributed by atoms with E-state index in [0.717, 1.165) is 12.8 Å². The standard InChI is InChI=1S/C28H30ClF3N6O3/c1-2-40-25(39)21-15-27(16-35-21)8-11-38(12-9-27)22-14-23(37-26(33)36-22)41-24(28(30,31)32)18-7-6-17(29)13-19(18)20-5-3-4-10-34-20/h3-7,10,13-14,21,24,35H,2,8-9,11-12,15-16H2,1H3,(H2,33,36,37)/t21?,24-/m1/s1. The maximum atomic E-state index is 14.4. The summed E-state index contributed by atoms with van der Waals surface area (Å²) in [6.07, 6.45) is -3.47. The van der Waals surface area contributed by atoms with E-state index >= 15 is 0 Å². The summed E-state index contributed by atoms with van der Waals surface area (Å²) in [6.45, 7) is 3.96. The molecule has 0 saturated carbocycles. The number of nitrogens with two attached hydrogens (primary N) is 1. The van der Waals surface area contributed by atoms with Gasteiger partial charge < -0.3 is 25.4 Å². The lowest BCUT2D eigenvalue weighted by Gasteiger charge is -2.39. The Bertz CT molecular complexity index is 1390. The van der Waals surface area contributed by atoms with Gasteiger partial charge in [0.1, 0.15) is 11.9 Å². The van der Waals surface area contributed by atoms with Gasteiger partial charge in [0.2, 0.25) is 17.9 Å². The van der Waals surface area contributed by atoms with Crippen LogP contribution in [-0.2, 0) is 9.53 Å². The normalized spacial score (nSPS) is 19.2. The van der Waals surface area contributed by atoms with Crippen LogP contribution < -0.4 is 20.7 Å². The molecule has 1 unspecified atom stereocenters. The number of nitrogen functional groups attached to an aromatic ring is 1. The van der Waals surface area contributed by atoms with E-state index < -0.39 is 12.3 Å². The van der Waals surface area contributed by atoms with Crippen molar-refractivity contribution >= 4 is 29.3 Å². The van der Waals surface area contributed by atoms with Gasteiger partial charge in [-0.25, -0.2) is 0 Å². The number of halogens is 4. The lowest BCUT2D eigenvalue weighted by molar-refractivity contribution is -0.198. The Morgan fingerprint density at radius 1 is 1.22 bits per heavy atom. The number of hydrogen-bond acceptors (Lipinski definition) is 9. The second-order valence-corrected chi connectivity index (χ2v) is 10.7. The molecule has 2 aliphatic heterocycles. The summed E-state index contributed by atoms with van der Waals surface area (Å²) >= 11 is 6.14. The Morgan fingerprint density at radius 3 is 2.68 bits per heavy atom. The number of carbonyl (C=O) groups is 1. The zero-order valence-corrected chi connectivity index (χ0v) is 23.1. The van der Waals surface area contributed by atoms with Crippen LogP contribution in [-0.4, -0.2) is 59.4 Å². The van der Waals surface area contributed by atoms with E-state index in [9.17, 15) is 18.0 Å². The Balaban J connectivity index is 1.36. The van der Waals surface area contributed by atoms with E-state index in [1.54, 1.807) is 25.1 Å². The minimum absolute atomic E-state index is 0.0658. The molecule has 41 heavy (non-hydrogen) atoms. The van der Waals surface area contributed by atoms with Crippen LogP contribution in [0, 0.1) is 5.41 Å². The van der Waals surface area contributed by atoms with Crippen molar-refractivity contribution in [1.29, 1.82) is 0 Å². The minimum atomic E-state index is -4.79. The molecule has 1 aromatic carbocycles. The number of nitrogens with zero attached hydrogens (tertiary/aromatic N) is 4. The number of esters is 1. The van der Waals surface area contributed by atoms with Crippen LogP contribution in [0.1, 0.15) is 37.9 Å². The largest absolute Gasteiger partial charge is 0.465 e. The van der Waals surface area contributed by atoms with Gasteiger partial charge in [-0.15, -0.1) is 0 Å². The Morgan fingerprint density at radius 2 is 2.00 bits per heavy atom. The van der Waals surface area contributed by atoms with E-state index in [4.69, 9.17) is 26.8 Å². The highest BCUT2D eigenvalue weighted by molar-refractivity contribution is 6.30. The molecule has 9 nitrogen and oxygen atoms in total. The summed E-state index contributed by atoms with van der Waals surface area (Å²) in [6, 6.07) is 10.1. The summed E-state index contributed by atoms with van der Waals surface area (Å²) in [7, 11) is 0. The van der Waals surface area contributed by atoms with Gasteiger partial charge in [-0.2, -0.15) is 23.1 Å². The molecular formula is C28H30ClF3N6O3. The van der Waals surface area contributed by atoms with Gasteiger partial charge in [0.25, 0.3) is 0 Å². The molecule has 1 spiro atoms. The van der Waals surface area contributed by atoms with E-state index in [0.29, 0.717) is 44.2 Å². The third-order valence-electron chi connectivity index (χ3n) is 7.56. The highest BCUT2D eigenvalue weighted by Gasteiger charge is 2.46. The number of benzene rings is 1. The van der Waals surface area contributed by atoms with Gasteiger partial charge >= 0.3 is 12.1 Å². The fraction of sp³-hybridized carbons (Fsp3) is 0.429. The van der Waals surface area contributed by atoms with E-state index in [1.165, 1.54) is 30.5 Å². The van der Waals surface area contributed by atoms with Crippen molar-refractivity contribution in [3.63, 3.8) is 0 Å². The number of rotatable bonds is 7. The number of pyridine rings is 1. The van der Waals surface area contributed by atoms with Crippen LogP contribution in [0.4, 0.5) is 24.9 Å². The Hall–Kier alpha value is -3.64. The first-order valence-corrected chi connectivity index (χ1v) is 13.7. The van der Waals surface area contributed by atoms with Gasteiger partial charge in [-0.1, -0.05) is 23.7 Å². The van der Waals surface area contributed by atoms with Crippen molar-refractivity contribution in [2.45, 2.75) is 44.5 Å². The molecule has 0 amide bonds. The quantitative estimate of drug-likeness (QED) is 0.368. The molecule has 4 heterocycles. The van der Waals surface area contributed by atoms with Crippen LogP contribution in [0.15, 0.2) is 48.7 Å². The number of piperidine rings is 1. The van der Waals surface area contributed by atoms with Gasteiger partial charge in [-0.3, -0.25) is 9.78 Å². The molecule has 3 aromatic rings. The number of ether oxygens (including phenoxy) is 2. The summed E-state index contributed by atoms with van der Waals surface area (Å²) in [5.74, 6) is -0.382. The molecule has 5 rings (SSSR count). The fourth-order valence-corrected chi connectivity index (χ4v) is 5.67. The highest BCUT2D eigenvalue weighted by Crippen LogP contribution is 2.43. The first-order valence-electron chi connectivity index (χ1n) is 13.3. The van der Waals surface area contributed by atoms with Crippen LogP contribution >= 0.6 is 11.6 Å². The predicted molar refractivity (Wildman–Crippen MR) is 147 cm³/mol. The monoisotopic (exact) mass is 590 g/mol. The van der Waals surface area contributed by atoms with Crippen molar-refractivity contribution < 1.29 is 27.4 Å². The van der Waals surface area contributed by atoms with E-state index in [1.807, 2.05) is 4.90 Å². The van der Waals surface area contributed by atoms with Crippen LogP contribution in [0.2, 0.25) is 5.02 Å². The molecule has 0 bridgehead atoms. The van der Waals surface area contributed by atoms with Crippen molar-refractivity contribution in [2.75, 3.05) is 36.9 Å². The highest BCUT2D eigenvalue weighted by atomic mass is 35.5. The number of hydrogen-bond donors (Lipinski definition) is 2. The molecule has 2 saturated heterocycles. The molecule has 2 fully saturated rings. The molecule has 3 N–H and O–H groups in total. The van der Waals surface area contributed by atoms with Gasteiger partial charge in [0.05, 0.1) is 12.3 Å². The zero-order chi connectivity index (χ0) is 29.2. The SMILES string of the molecule is CCOC(=O)C1CC2(CCN(c3cc(O[C@H](c4ccc(Cl)cc4-c4ccccn4)C(F)(F)F)nc(N)n3)CC2)CN1. The third-order valence-corrected chi connectivity index (χ3v) is 7.80. The van der Waals surface area contributed by atoms with E-state index in [-0.39, 0.29) is 45.4 Å². The molecule has 0 radical (unpaired) electrons. The number of carbonyl (C=O) groups excluding carboxylic acids is 1. The number of aromatic nitrogens is 3. The average Bonchev–Trinajstić information content (AvgIpc) is 3.35. The van der Waals surface area contributed by atoms with Crippen molar-refractivity contribution in [3.8, 4) is 17.1 Å². The Labute approximate surface area is 240 Å². The number of nitrogens with one attached hydrogen (secondary N) is 1. The number of alkyl halides is 3. The second kappa shape index (κ2) is 11.7. The van der Waals surface area contributed by atoms with Crippen molar-refractivity contribution in [1.82, 2.24) is 20.3 Å². The van der Waals surface area contributed by atoms with Crippen LogP contribution in [0.3, 0.4) is 0 Å². The van der Waals surface area contributed by atoms with Crippen molar-refractivity contribution in [3.05, 3.63) is 59.2 Å². The maximum absolute atomic E-state index is 14.4. The van der Waals surface area contributed by atoms with Crippen LogP contribution in [0.5, 0.6) is 5.88 Å². The summed E-state index contributed by atoms with van der Waals surface area (Å²) in [4.78, 5) is 26.6. The molecule has 0 aliphatic carbocycles. The average molecular weight is 591 g/mol. The van der Waals surface area contributed by atoms with Gasteiger partial charge in [0, 0.05) is 48.0 Å². The number of anilines is 2. The topological polar surface area (TPSA) is 115 Å². The lowest BCUT2D eigenvalue weighted by atomic mass is 9.76. The minimum Gasteiger partial charge on any atom is -0.465 e. The molecule has 218 valence electrons. The first kappa shape index (κ1) is 28.9. The second-order valence-electron chi connectivity index (χ2n) is 10.3. The third kappa shape index (κ3) is 6.48. The zero-order valence-electron chi connectivity index (χ0n) is 22.3. The van der Waals surface area contributed by atoms with Crippen LogP contribution in [0.25, 0.3) is 11.3 Å². The molecular weight excluding hydrogens is 561 g/mol. The molecule has 2 aliphatic rings. The van der Waals surface area contributed by atoms with Crippen molar-refractivity contribution in [2.24, 2.45) is 5.41 Å². The Kier molecular flexibility index (Phi) is 8.23. The summed E-state index contributed by atoms with van der Waals surface area (Å²) in [5.41, 5.74) is 6.21. The molecule has 2 atom stereocenters. The van der Waals surface area contributed by atoms with E-state index in [2.05, 4.69) is 20.3 Å². The van der Waals surface area contributed by atoms with Gasteiger partial charge in [-0.05, 0) is 55.9 Å². The fourth-order valence-electron chi connectivity index (χ4n) is 5.50. The smallest absolute Gasteiger partial charge is 0.429 e. The maximum Gasteiger partial charge on any atom is 0.429 e. The molecule has 2 aromatic heterocycles. The first-order chi connectivity index (χ1) is 19.6. The lowest BCUT2D eigenvalue weighted by Crippen LogP contribution is -2.41. The summed E-state index contributed by atoms with van der Waals surface area (Å²) < 4.78 is 54.0. The summed E-state index contributed by atoms with van der Waals surface area (Å²) in [5, 5.41) is 3.53. The predicted octanol–water partition coefficient (Wildman–Crippen LogP) is 4.97. The van der Waals surface area contributed by atoms with Gasteiger partial charge in [0.15, 0.2) is 0 Å².